The van der Waals surface area contributed by atoms with E-state index in [1.807, 2.05) is 24.3 Å². The second-order valence-corrected chi connectivity index (χ2v) is 7.90. The molecule has 0 saturated heterocycles. The Labute approximate surface area is 168 Å². The zero-order valence-electron chi connectivity index (χ0n) is 16.3. The Morgan fingerprint density at radius 3 is 2.83 bits per heavy atom. The first-order valence-corrected chi connectivity index (χ1v) is 9.84. The molecule has 2 aliphatic carbocycles. The van der Waals surface area contributed by atoms with Crippen molar-refractivity contribution in [2.24, 2.45) is 17.8 Å². The van der Waals surface area contributed by atoms with Gasteiger partial charge in [-0.25, -0.2) is 0 Å². The van der Waals surface area contributed by atoms with E-state index in [0.29, 0.717) is 12.0 Å². The van der Waals surface area contributed by atoms with Gasteiger partial charge in [-0.05, 0) is 37.1 Å². The number of allylic oxidation sites excluding steroid dienone is 1. The smallest absolute Gasteiger partial charge is 0.311 e. The molecule has 1 aromatic heterocycles. The Morgan fingerprint density at radius 2 is 2.10 bits per heavy atom. The molecule has 1 spiro atoms. The fourth-order valence-corrected chi connectivity index (χ4v) is 5.67. The predicted octanol–water partition coefficient (Wildman–Crippen LogP) is 2.98. The van der Waals surface area contributed by atoms with Crippen LogP contribution in [0, 0.1) is 17.8 Å². The van der Waals surface area contributed by atoms with Gasteiger partial charge >= 0.3 is 5.97 Å². The Bertz CT molecular complexity index is 1050. The normalized spacial score (nSPS) is 31.2. The molecule has 6 nitrogen and oxygen atoms in total. The van der Waals surface area contributed by atoms with E-state index in [1.54, 1.807) is 43.5 Å². The minimum absolute atomic E-state index is 0.0697. The van der Waals surface area contributed by atoms with Gasteiger partial charge in [0.25, 0.3) is 0 Å². The molecule has 4 atom stereocenters. The van der Waals surface area contributed by atoms with E-state index in [9.17, 15) is 14.4 Å². The van der Waals surface area contributed by atoms with Crippen LogP contribution in [0.3, 0.4) is 0 Å². The van der Waals surface area contributed by atoms with E-state index in [-0.39, 0.29) is 24.2 Å². The summed E-state index contributed by atoms with van der Waals surface area (Å²) in [5, 5.41) is 0. The molecule has 148 valence electrons. The number of Topliss-reactive ketones (excluding diaryl/α,β-unsaturated/α-hetero) is 1. The van der Waals surface area contributed by atoms with Gasteiger partial charge in [-0.3, -0.25) is 14.4 Å². The number of ketones is 1. The summed E-state index contributed by atoms with van der Waals surface area (Å²) in [6, 6.07) is 9.32. The van der Waals surface area contributed by atoms with Crippen LogP contribution in [-0.2, 0) is 24.5 Å². The van der Waals surface area contributed by atoms with E-state index >= 15 is 0 Å². The molecule has 3 aliphatic rings. The molecule has 29 heavy (non-hydrogen) atoms. The molecule has 2 bridgehead atoms. The number of hydrogen-bond acceptors (Lipinski definition) is 5. The second kappa shape index (κ2) is 6.17. The molecule has 2 heterocycles. The van der Waals surface area contributed by atoms with Gasteiger partial charge in [0.1, 0.15) is 0 Å². The first-order chi connectivity index (χ1) is 14.0. The minimum Gasteiger partial charge on any atom is -0.472 e. The highest BCUT2D eigenvalue weighted by Gasteiger charge is 2.73. The van der Waals surface area contributed by atoms with E-state index in [4.69, 9.17) is 9.15 Å². The largest absolute Gasteiger partial charge is 0.472 e. The fraction of sp³-hybridized carbons (Fsp3) is 0.348. The van der Waals surface area contributed by atoms with Gasteiger partial charge in [0, 0.05) is 35.7 Å². The number of carbonyl (C=O) groups is 3. The number of esters is 1. The summed E-state index contributed by atoms with van der Waals surface area (Å²) >= 11 is 0. The molecule has 1 aliphatic heterocycles. The van der Waals surface area contributed by atoms with Crippen molar-refractivity contribution in [3.8, 4) is 0 Å². The summed E-state index contributed by atoms with van der Waals surface area (Å²) in [5.41, 5.74) is 1.86. The van der Waals surface area contributed by atoms with Gasteiger partial charge in [-0.2, -0.15) is 0 Å². The summed E-state index contributed by atoms with van der Waals surface area (Å²) in [5.74, 6) is -2.41. The number of benzene rings is 1. The van der Waals surface area contributed by atoms with Crippen LogP contribution in [0.25, 0.3) is 6.08 Å². The van der Waals surface area contributed by atoms with Crippen molar-refractivity contribution < 1.29 is 23.5 Å². The number of nitrogens with zero attached hydrogens (tertiary/aromatic N) is 1. The van der Waals surface area contributed by atoms with Crippen LogP contribution >= 0.6 is 0 Å². The molecule has 0 radical (unpaired) electrons. The lowest BCUT2D eigenvalue weighted by molar-refractivity contribution is -0.156. The quantitative estimate of drug-likeness (QED) is 0.594. The molecule has 6 heteroatoms. The van der Waals surface area contributed by atoms with Crippen molar-refractivity contribution in [3.05, 3.63) is 59.6 Å². The maximum Gasteiger partial charge on any atom is 0.311 e. The summed E-state index contributed by atoms with van der Waals surface area (Å²) in [7, 11) is 1.73. The number of rotatable bonds is 3. The zero-order chi connectivity index (χ0) is 20.3. The van der Waals surface area contributed by atoms with Crippen LogP contribution < -0.4 is 4.90 Å². The van der Waals surface area contributed by atoms with Gasteiger partial charge in [-0.15, -0.1) is 0 Å². The van der Waals surface area contributed by atoms with Crippen LogP contribution in [-0.4, -0.2) is 31.3 Å². The molecule has 2 fully saturated rings. The average molecular weight is 391 g/mol. The lowest BCUT2D eigenvalue weighted by atomic mass is 9.60. The van der Waals surface area contributed by atoms with Crippen LogP contribution in [0.15, 0.2) is 52.8 Å². The van der Waals surface area contributed by atoms with Crippen LogP contribution in [0.2, 0.25) is 0 Å². The second-order valence-electron chi connectivity index (χ2n) is 7.90. The summed E-state index contributed by atoms with van der Waals surface area (Å²) in [4.78, 5) is 41.6. The molecule has 5 rings (SSSR count). The lowest BCUT2D eigenvalue weighted by Crippen LogP contribution is -2.54. The van der Waals surface area contributed by atoms with Crippen LogP contribution in [0.4, 0.5) is 5.69 Å². The van der Waals surface area contributed by atoms with Crippen LogP contribution in [0.5, 0.6) is 0 Å². The third kappa shape index (κ3) is 2.14. The highest BCUT2D eigenvalue weighted by Crippen LogP contribution is 2.65. The van der Waals surface area contributed by atoms with E-state index in [1.165, 1.54) is 0 Å². The van der Waals surface area contributed by atoms with Crippen molar-refractivity contribution in [1.29, 1.82) is 0 Å². The summed E-state index contributed by atoms with van der Waals surface area (Å²) in [6.07, 6.45) is 5.39. The maximum atomic E-state index is 13.7. The van der Waals surface area contributed by atoms with Gasteiger partial charge < -0.3 is 14.1 Å². The van der Waals surface area contributed by atoms with Crippen molar-refractivity contribution in [2.45, 2.75) is 18.8 Å². The fourth-order valence-electron chi connectivity index (χ4n) is 5.67. The first kappa shape index (κ1) is 17.9. The molecule has 0 N–H and O–H groups in total. The Kier molecular flexibility index (Phi) is 3.81. The topological polar surface area (TPSA) is 76.8 Å². The van der Waals surface area contributed by atoms with E-state index < -0.39 is 23.2 Å². The molecular formula is C23H21NO5. The number of fused-ring (bicyclic) bond motifs is 5. The molecule has 2 saturated carbocycles. The van der Waals surface area contributed by atoms with Crippen molar-refractivity contribution >= 4 is 29.4 Å². The Hall–Kier alpha value is -3.15. The standard InChI is InChI=1S/C23H21NO5/c1-3-29-21(26)19-15-11-17(14(20(15)25)10-13-8-9-28-12-13)23(19)16-6-4-5-7-18(16)24(2)22(23)27/h4-10,12,15,17,19H,3,11H2,1-2H3/b14-10-/t15-,17-,19-,23+/m0/s1. The van der Waals surface area contributed by atoms with Crippen LogP contribution in [0.1, 0.15) is 24.5 Å². The van der Waals surface area contributed by atoms with Gasteiger partial charge in [0.15, 0.2) is 5.78 Å². The van der Waals surface area contributed by atoms with Crippen molar-refractivity contribution in [1.82, 2.24) is 0 Å². The van der Waals surface area contributed by atoms with Gasteiger partial charge in [0.05, 0.1) is 30.5 Å². The lowest BCUT2D eigenvalue weighted by Gasteiger charge is -2.39. The van der Waals surface area contributed by atoms with E-state index in [0.717, 1.165) is 16.8 Å². The molecule has 1 amide bonds. The number of carbonyl (C=O) groups excluding carboxylic acids is 3. The zero-order valence-corrected chi connectivity index (χ0v) is 16.3. The Balaban J connectivity index is 1.74. The SMILES string of the molecule is CCOC(=O)[C@@H]1[C@@H]2C[C@@H](/C(=C/c3ccoc3)C2=O)[C@@]12C(=O)N(C)c1ccccc12. The molecular weight excluding hydrogens is 370 g/mol. The molecule has 2 aromatic rings. The predicted molar refractivity (Wildman–Crippen MR) is 105 cm³/mol. The van der Waals surface area contributed by atoms with E-state index in [2.05, 4.69) is 0 Å². The van der Waals surface area contributed by atoms with Gasteiger partial charge in [-0.1, -0.05) is 18.2 Å². The number of hydrogen-bond donors (Lipinski definition) is 0. The highest BCUT2D eigenvalue weighted by atomic mass is 16.5. The van der Waals surface area contributed by atoms with Crippen molar-refractivity contribution in [3.63, 3.8) is 0 Å². The number of likely N-dealkylation sites (N-methyl/N-ethyl adjacent to an activating group) is 1. The maximum absolute atomic E-state index is 13.7. The minimum atomic E-state index is -1.11. The van der Waals surface area contributed by atoms with Crippen molar-refractivity contribution in [2.75, 3.05) is 18.6 Å². The number of anilines is 1. The molecule has 0 unspecified atom stereocenters. The van der Waals surface area contributed by atoms with Gasteiger partial charge in [0.2, 0.25) is 5.91 Å². The third-order valence-corrected chi connectivity index (χ3v) is 6.70. The Morgan fingerprint density at radius 1 is 1.31 bits per heavy atom. The summed E-state index contributed by atoms with van der Waals surface area (Å²) < 4.78 is 10.5. The monoisotopic (exact) mass is 391 g/mol. The third-order valence-electron chi connectivity index (χ3n) is 6.70. The number of ether oxygens (including phenoxy) is 1. The number of para-hydroxylation sites is 1. The first-order valence-electron chi connectivity index (χ1n) is 9.84. The highest BCUT2D eigenvalue weighted by molar-refractivity contribution is 6.17. The summed E-state index contributed by atoms with van der Waals surface area (Å²) in [6.45, 7) is 1.95. The number of furan rings is 1. The number of amides is 1. The molecule has 1 aromatic carbocycles. The average Bonchev–Trinajstić information content (AvgIpc) is 3.46.